The lowest BCUT2D eigenvalue weighted by Gasteiger charge is -2.04. The Morgan fingerprint density at radius 1 is 1.32 bits per heavy atom. The number of furan rings is 1. The third-order valence-electron chi connectivity index (χ3n) is 4.28. The molecule has 0 radical (unpaired) electrons. The van der Waals surface area contributed by atoms with Gasteiger partial charge in [0.2, 0.25) is 0 Å². The van der Waals surface area contributed by atoms with Gasteiger partial charge in [-0.2, -0.15) is 0 Å². The van der Waals surface area contributed by atoms with Crippen molar-refractivity contribution in [3.63, 3.8) is 0 Å². The second-order valence-electron chi connectivity index (χ2n) is 5.89. The fourth-order valence-corrected chi connectivity index (χ4v) is 3.67. The van der Waals surface area contributed by atoms with Crippen LogP contribution in [0.1, 0.15) is 21.7 Å². The predicted molar refractivity (Wildman–Crippen MR) is 94.1 cm³/mol. The van der Waals surface area contributed by atoms with E-state index >= 15 is 0 Å². The average molecular weight is 355 g/mol. The third kappa shape index (κ3) is 2.95. The van der Waals surface area contributed by atoms with Gasteiger partial charge in [-0.15, -0.1) is 10.2 Å². The largest absolute Gasteiger partial charge is 0.493 e. The van der Waals surface area contributed by atoms with E-state index in [0.29, 0.717) is 23.1 Å². The summed E-state index contributed by atoms with van der Waals surface area (Å²) in [5.74, 6) is 2.80. The number of fused-ring (bicyclic) bond motifs is 1. The highest BCUT2D eigenvalue weighted by molar-refractivity contribution is 7.99. The lowest BCUT2D eigenvalue weighted by Crippen LogP contribution is -2.04. The van der Waals surface area contributed by atoms with Crippen molar-refractivity contribution in [1.82, 2.24) is 14.8 Å². The molecule has 3 aromatic rings. The average Bonchev–Trinajstić information content (AvgIpc) is 3.32. The van der Waals surface area contributed by atoms with Crippen molar-refractivity contribution in [2.75, 3.05) is 12.4 Å². The Kier molecular flexibility index (Phi) is 4.09. The Morgan fingerprint density at radius 3 is 3.00 bits per heavy atom. The highest BCUT2D eigenvalue weighted by atomic mass is 32.2. The number of ketones is 1. The van der Waals surface area contributed by atoms with Crippen molar-refractivity contribution < 1.29 is 13.9 Å². The van der Waals surface area contributed by atoms with E-state index in [-0.39, 0.29) is 5.78 Å². The van der Waals surface area contributed by atoms with Crippen LogP contribution in [0.3, 0.4) is 0 Å². The zero-order chi connectivity index (χ0) is 17.4. The smallest absolute Gasteiger partial charge is 0.191 e. The number of nitrogens with zero attached hydrogens (tertiary/aromatic N) is 3. The molecule has 0 saturated heterocycles. The van der Waals surface area contributed by atoms with Crippen LogP contribution < -0.4 is 4.74 Å². The fourth-order valence-electron chi connectivity index (χ4n) is 2.87. The van der Waals surface area contributed by atoms with Crippen LogP contribution in [0.15, 0.2) is 40.1 Å². The molecule has 0 atom stereocenters. The van der Waals surface area contributed by atoms with Crippen molar-refractivity contribution >= 4 is 17.5 Å². The van der Waals surface area contributed by atoms with Crippen LogP contribution in [-0.2, 0) is 13.5 Å². The van der Waals surface area contributed by atoms with Crippen LogP contribution in [0.25, 0.3) is 11.4 Å². The minimum absolute atomic E-state index is 0.0729. The molecular formula is C18H17N3O3S. The normalized spacial score (nSPS) is 12.9. The van der Waals surface area contributed by atoms with E-state index in [4.69, 9.17) is 9.15 Å². The highest BCUT2D eigenvalue weighted by Crippen LogP contribution is 2.28. The maximum Gasteiger partial charge on any atom is 0.191 e. The maximum atomic E-state index is 12.5. The molecule has 0 unspecified atom stereocenters. The number of Topliss-reactive ketones (excluding diaryl/α,β-unsaturated/α-hetero) is 1. The number of aromatic nitrogens is 3. The molecule has 4 rings (SSSR count). The second-order valence-corrected chi connectivity index (χ2v) is 6.83. The van der Waals surface area contributed by atoms with Gasteiger partial charge in [-0.1, -0.05) is 11.8 Å². The fraction of sp³-hybridized carbons (Fsp3) is 0.278. The van der Waals surface area contributed by atoms with Gasteiger partial charge in [0, 0.05) is 19.0 Å². The molecule has 3 heterocycles. The summed E-state index contributed by atoms with van der Waals surface area (Å²) in [6, 6.07) is 7.50. The first-order chi connectivity index (χ1) is 12.1. The van der Waals surface area contributed by atoms with Crippen molar-refractivity contribution in [1.29, 1.82) is 0 Å². The number of rotatable bonds is 5. The number of aryl methyl sites for hydroxylation is 1. The molecule has 1 aliphatic heterocycles. The molecule has 0 aliphatic carbocycles. The Labute approximate surface area is 149 Å². The van der Waals surface area contributed by atoms with E-state index in [1.54, 1.807) is 6.26 Å². The van der Waals surface area contributed by atoms with Crippen LogP contribution in [0.2, 0.25) is 0 Å². The molecule has 0 bridgehead atoms. The van der Waals surface area contributed by atoms with E-state index in [2.05, 4.69) is 10.2 Å². The summed E-state index contributed by atoms with van der Waals surface area (Å²) in [5.41, 5.74) is 2.73. The van der Waals surface area contributed by atoms with Crippen LogP contribution in [0.5, 0.6) is 5.75 Å². The van der Waals surface area contributed by atoms with Crippen LogP contribution in [0.4, 0.5) is 0 Å². The van der Waals surface area contributed by atoms with Gasteiger partial charge in [0.1, 0.15) is 11.5 Å². The quantitative estimate of drug-likeness (QED) is 0.517. The van der Waals surface area contributed by atoms with Gasteiger partial charge in [-0.25, -0.2) is 0 Å². The standard InChI is InChI=1S/C18H17N3O3S/c1-11-14(6-8-23-11)17-19-20-18(21(17)2)25-10-15(22)12-3-4-16-13(9-12)5-7-24-16/h3-4,6,8-9H,5,7,10H2,1-2H3. The molecule has 1 aliphatic rings. The first kappa shape index (κ1) is 16.0. The van der Waals surface area contributed by atoms with Gasteiger partial charge in [0.15, 0.2) is 16.8 Å². The number of ether oxygens (including phenoxy) is 1. The topological polar surface area (TPSA) is 70.2 Å². The van der Waals surface area contributed by atoms with Gasteiger partial charge in [0.25, 0.3) is 0 Å². The zero-order valence-electron chi connectivity index (χ0n) is 14.0. The SMILES string of the molecule is Cc1occc1-c1nnc(SCC(=O)c2ccc3c(c2)CCO3)n1C. The molecule has 25 heavy (non-hydrogen) atoms. The van der Waals surface area contributed by atoms with E-state index in [1.807, 2.05) is 42.8 Å². The van der Waals surface area contributed by atoms with E-state index in [9.17, 15) is 4.79 Å². The van der Waals surface area contributed by atoms with Crippen LogP contribution in [-0.4, -0.2) is 32.9 Å². The van der Waals surface area contributed by atoms with Gasteiger partial charge in [-0.3, -0.25) is 4.79 Å². The molecule has 0 spiro atoms. The lowest BCUT2D eigenvalue weighted by atomic mass is 10.1. The summed E-state index contributed by atoms with van der Waals surface area (Å²) >= 11 is 1.39. The number of carbonyl (C=O) groups excluding carboxylic acids is 1. The van der Waals surface area contributed by atoms with Gasteiger partial charge >= 0.3 is 0 Å². The Hall–Kier alpha value is -2.54. The predicted octanol–water partition coefficient (Wildman–Crippen LogP) is 3.29. The van der Waals surface area contributed by atoms with Crippen LogP contribution >= 0.6 is 11.8 Å². The minimum Gasteiger partial charge on any atom is -0.493 e. The van der Waals surface area contributed by atoms with Crippen molar-refractivity contribution in [3.8, 4) is 17.1 Å². The lowest BCUT2D eigenvalue weighted by molar-refractivity contribution is 0.102. The number of hydrogen-bond donors (Lipinski definition) is 0. The van der Waals surface area contributed by atoms with Gasteiger partial charge in [0.05, 0.1) is 24.2 Å². The monoisotopic (exact) mass is 355 g/mol. The number of carbonyl (C=O) groups is 1. The van der Waals surface area contributed by atoms with Crippen LogP contribution in [0, 0.1) is 6.92 Å². The number of hydrogen-bond acceptors (Lipinski definition) is 6. The number of thioether (sulfide) groups is 1. The Morgan fingerprint density at radius 2 is 2.20 bits per heavy atom. The number of benzene rings is 1. The highest BCUT2D eigenvalue weighted by Gasteiger charge is 2.18. The van der Waals surface area contributed by atoms with E-state index in [0.717, 1.165) is 34.9 Å². The van der Waals surface area contributed by atoms with Crippen molar-refractivity contribution in [2.24, 2.45) is 7.05 Å². The minimum atomic E-state index is 0.0729. The third-order valence-corrected chi connectivity index (χ3v) is 5.30. The zero-order valence-corrected chi connectivity index (χ0v) is 14.8. The van der Waals surface area contributed by atoms with Gasteiger partial charge in [-0.05, 0) is 36.8 Å². The molecule has 6 nitrogen and oxygen atoms in total. The molecule has 7 heteroatoms. The molecule has 0 fully saturated rings. The first-order valence-electron chi connectivity index (χ1n) is 7.99. The summed E-state index contributed by atoms with van der Waals surface area (Å²) in [4.78, 5) is 12.5. The summed E-state index contributed by atoms with van der Waals surface area (Å²) in [6.07, 6.45) is 2.49. The summed E-state index contributed by atoms with van der Waals surface area (Å²) < 4.78 is 12.7. The maximum absolute atomic E-state index is 12.5. The van der Waals surface area contributed by atoms with Gasteiger partial charge < -0.3 is 13.7 Å². The summed E-state index contributed by atoms with van der Waals surface area (Å²) in [7, 11) is 1.89. The molecule has 2 aromatic heterocycles. The van der Waals surface area contributed by atoms with Crippen molar-refractivity contribution in [2.45, 2.75) is 18.5 Å². The van der Waals surface area contributed by atoms with Crippen molar-refractivity contribution in [3.05, 3.63) is 47.4 Å². The first-order valence-corrected chi connectivity index (χ1v) is 8.97. The second kappa shape index (κ2) is 6.40. The molecule has 1 aromatic carbocycles. The molecular weight excluding hydrogens is 338 g/mol. The Bertz CT molecular complexity index is 945. The molecule has 128 valence electrons. The summed E-state index contributed by atoms with van der Waals surface area (Å²) in [6.45, 7) is 2.58. The van der Waals surface area contributed by atoms with E-state index in [1.165, 1.54) is 11.8 Å². The molecule has 0 amide bonds. The summed E-state index contributed by atoms with van der Waals surface area (Å²) in [5, 5.41) is 9.12. The molecule has 0 saturated carbocycles. The molecule has 0 N–H and O–H groups in total. The Balaban J connectivity index is 1.47. The van der Waals surface area contributed by atoms with E-state index < -0.39 is 0 Å².